The van der Waals surface area contributed by atoms with Crippen LogP contribution in [0.15, 0.2) is 12.4 Å². The highest BCUT2D eigenvalue weighted by molar-refractivity contribution is 5.80. The second kappa shape index (κ2) is 8.05. The van der Waals surface area contributed by atoms with Crippen LogP contribution in [-0.2, 0) is 17.8 Å². The van der Waals surface area contributed by atoms with E-state index >= 15 is 0 Å². The summed E-state index contributed by atoms with van der Waals surface area (Å²) >= 11 is 0. The number of nitrogens with zero attached hydrogens (tertiary/aromatic N) is 6. The summed E-state index contributed by atoms with van der Waals surface area (Å²) < 4.78 is 4.38. The molecule has 1 amide bonds. The summed E-state index contributed by atoms with van der Waals surface area (Å²) in [5, 5.41) is 8.99. The molecule has 0 saturated carbocycles. The molecule has 2 aromatic rings. The van der Waals surface area contributed by atoms with E-state index in [0.717, 1.165) is 56.4 Å². The van der Waals surface area contributed by atoms with E-state index in [4.69, 9.17) is 0 Å². The number of carbonyl (C=O) groups excluding carboxylic acids is 1. The molecule has 28 heavy (non-hydrogen) atoms. The molecular formula is C21H32N6O. The lowest BCUT2D eigenvalue weighted by Crippen LogP contribution is -2.42. The first-order valence-corrected chi connectivity index (χ1v) is 10.8. The fourth-order valence-corrected chi connectivity index (χ4v) is 4.65. The number of imidazole rings is 1. The van der Waals surface area contributed by atoms with Gasteiger partial charge in [0.15, 0.2) is 0 Å². The van der Waals surface area contributed by atoms with E-state index in [2.05, 4.69) is 33.6 Å². The first-order chi connectivity index (χ1) is 13.6. The second-order valence-electron chi connectivity index (χ2n) is 8.56. The van der Waals surface area contributed by atoms with Crippen molar-refractivity contribution in [2.45, 2.75) is 83.7 Å². The van der Waals surface area contributed by atoms with Crippen molar-refractivity contribution in [2.75, 3.05) is 13.1 Å². The molecule has 1 fully saturated rings. The Hall–Kier alpha value is -2.18. The van der Waals surface area contributed by atoms with Crippen LogP contribution < -0.4 is 0 Å². The van der Waals surface area contributed by atoms with E-state index in [-0.39, 0.29) is 11.9 Å². The standard InChI is InChI=1S/C21H32N6O/c1-15(2)19-22-10-14-26(19)16(3)21(28)25-12-8-17(9-13-25)20-24-23-18-7-5-4-6-11-27(18)20/h10,14-17H,4-9,11-13H2,1-3H3/t16-/m1/s1. The van der Waals surface area contributed by atoms with Gasteiger partial charge in [-0.1, -0.05) is 20.3 Å². The van der Waals surface area contributed by atoms with Gasteiger partial charge in [0, 0.05) is 50.3 Å². The largest absolute Gasteiger partial charge is 0.341 e. The molecule has 7 heteroatoms. The minimum Gasteiger partial charge on any atom is -0.341 e. The molecule has 0 unspecified atom stereocenters. The van der Waals surface area contributed by atoms with Crippen LogP contribution in [0.5, 0.6) is 0 Å². The number of hydrogen-bond donors (Lipinski definition) is 0. The van der Waals surface area contributed by atoms with Crippen LogP contribution in [0, 0.1) is 0 Å². The highest BCUT2D eigenvalue weighted by Crippen LogP contribution is 2.30. The van der Waals surface area contributed by atoms with Gasteiger partial charge < -0.3 is 14.0 Å². The van der Waals surface area contributed by atoms with Gasteiger partial charge >= 0.3 is 0 Å². The summed E-state index contributed by atoms with van der Waals surface area (Å²) in [6.07, 6.45) is 10.4. The third kappa shape index (κ3) is 3.59. The van der Waals surface area contributed by atoms with Crippen molar-refractivity contribution in [3.8, 4) is 0 Å². The maximum absolute atomic E-state index is 13.1. The van der Waals surface area contributed by atoms with Crippen molar-refractivity contribution in [1.82, 2.24) is 29.2 Å². The summed E-state index contributed by atoms with van der Waals surface area (Å²) in [6, 6.07) is -0.208. The number of aryl methyl sites for hydroxylation is 1. The van der Waals surface area contributed by atoms with Gasteiger partial charge in [-0.25, -0.2) is 4.98 Å². The Morgan fingerprint density at radius 1 is 1.07 bits per heavy atom. The molecular weight excluding hydrogens is 352 g/mol. The van der Waals surface area contributed by atoms with Crippen molar-refractivity contribution < 1.29 is 4.79 Å². The molecule has 2 aliphatic rings. The summed E-state index contributed by atoms with van der Waals surface area (Å²) in [6.45, 7) is 8.85. The van der Waals surface area contributed by atoms with Crippen LogP contribution >= 0.6 is 0 Å². The van der Waals surface area contributed by atoms with Crippen LogP contribution in [0.3, 0.4) is 0 Å². The van der Waals surface area contributed by atoms with Crippen molar-refractivity contribution in [2.24, 2.45) is 0 Å². The van der Waals surface area contributed by atoms with Gasteiger partial charge in [-0.15, -0.1) is 10.2 Å². The quantitative estimate of drug-likeness (QED) is 0.811. The minimum atomic E-state index is -0.208. The van der Waals surface area contributed by atoms with E-state index in [1.54, 1.807) is 6.20 Å². The molecule has 1 atom stereocenters. The van der Waals surface area contributed by atoms with Gasteiger partial charge in [-0.2, -0.15) is 0 Å². The molecule has 0 aromatic carbocycles. The molecule has 0 aliphatic carbocycles. The topological polar surface area (TPSA) is 68.8 Å². The van der Waals surface area contributed by atoms with E-state index in [9.17, 15) is 4.79 Å². The van der Waals surface area contributed by atoms with Crippen LogP contribution in [0.25, 0.3) is 0 Å². The van der Waals surface area contributed by atoms with Crippen LogP contribution in [0.2, 0.25) is 0 Å². The van der Waals surface area contributed by atoms with E-state index in [0.29, 0.717) is 11.8 Å². The Morgan fingerprint density at radius 3 is 2.61 bits per heavy atom. The smallest absolute Gasteiger partial charge is 0.245 e. The molecule has 1 saturated heterocycles. The number of carbonyl (C=O) groups is 1. The van der Waals surface area contributed by atoms with E-state index < -0.39 is 0 Å². The highest BCUT2D eigenvalue weighted by Gasteiger charge is 2.31. The van der Waals surface area contributed by atoms with Crippen molar-refractivity contribution in [3.63, 3.8) is 0 Å². The number of piperidine rings is 1. The maximum Gasteiger partial charge on any atom is 0.245 e. The number of fused-ring (bicyclic) bond motifs is 1. The van der Waals surface area contributed by atoms with Gasteiger partial charge in [0.05, 0.1) is 0 Å². The minimum absolute atomic E-state index is 0.193. The molecule has 4 heterocycles. The summed E-state index contributed by atoms with van der Waals surface area (Å²) in [7, 11) is 0. The maximum atomic E-state index is 13.1. The molecule has 0 radical (unpaired) electrons. The first kappa shape index (κ1) is 19.2. The third-order valence-corrected chi connectivity index (χ3v) is 6.30. The molecule has 4 rings (SSSR count). The summed E-state index contributed by atoms with van der Waals surface area (Å²) in [5.74, 6) is 4.19. The fraction of sp³-hybridized carbons (Fsp3) is 0.714. The Kier molecular flexibility index (Phi) is 5.51. The van der Waals surface area contributed by atoms with Gasteiger partial charge in [-0.3, -0.25) is 4.79 Å². The average molecular weight is 385 g/mol. The highest BCUT2D eigenvalue weighted by atomic mass is 16.2. The zero-order valence-electron chi connectivity index (χ0n) is 17.3. The van der Waals surface area contributed by atoms with Crippen LogP contribution in [0.1, 0.15) is 88.2 Å². The lowest BCUT2D eigenvalue weighted by molar-refractivity contribution is -0.135. The number of likely N-dealkylation sites (tertiary alicyclic amines) is 1. The molecule has 7 nitrogen and oxygen atoms in total. The predicted octanol–water partition coefficient (Wildman–Crippen LogP) is 3.29. The average Bonchev–Trinajstić information content (AvgIpc) is 3.29. The predicted molar refractivity (Wildman–Crippen MR) is 107 cm³/mol. The third-order valence-electron chi connectivity index (χ3n) is 6.30. The molecule has 2 aromatic heterocycles. The molecule has 2 aliphatic heterocycles. The Bertz CT molecular complexity index is 815. The van der Waals surface area contributed by atoms with Crippen LogP contribution in [0.4, 0.5) is 0 Å². The zero-order valence-corrected chi connectivity index (χ0v) is 17.3. The monoisotopic (exact) mass is 384 g/mol. The Labute approximate surface area is 167 Å². The molecule has 0 spiro atoms. The molecule has 152 valence electrons. The second-order valence-corrected chi connectivity index (χ2v) is 8.56. The van der Waals surface area contributed by atoms with Gasteiger partial charge in [0.25, 0.3) is 0 Å². The number of amides is 1. The molecule has 0 N–H and O–H groups in total. The van der Waals surface area contributed by atoms with Gasteiger partial charge in [0.1, 0.15) is 23.5 Å². The normalized spacial score (nSPS) is 19.5. The Balaban J connectivity index is 1.41. The van der Waals surface area contributed by atoms with Gasteiger partial charge in [-0.05, 0) is 32.6 Å². The molecule has 0 bridgehead atoms. The lowest BCUT2D eigenvalue weighted by Gasteiger charge is -2.34. The van der Waals surface area contributed by atoms with Gasteiger partial charge in [0.2, 0.25) is 5.91 Å². The summed E-state index contributed by atoms with van der Waals surface area (Å²) in [4.78, 5) is 19.5. The van der Waals surface area contributed by atoms with E-state index in [1.165, 1.54) is 19.3 Å². The first-order valence-electron chi connectivity index (χ1n) is 10.8. The number of hydrogen-bond acceptors (Lipinski definition) is 4. The fourth-order valence-electron chi connectivity index (χ4n) is 4.65. The number of aromatic nitrogens is 5. The van der Waals surface area contributed by atoms with Crippen molar-refractivity contribution >= 4 is 5.91 Å². The Morgan fingerprint density at radius 2 is 1.86 bits per heavy atom. The number of rotatable bonds is 4. The van der Waals surface area contributed by atoms with Crippen molar-refractivity contribution in [1.29, 1.82) is 0 Å². The zero-order chi connectivity index (χ0) is 19.7. The SMILES string of the molecule is CC(C)c1nccn1[C@H](C)C(=O)N1CCC(c2nnc3n2CCCCC3)CC1. The summed E-state index contributed by atoms with van der Waals surface area (Å²) in [5.41, 5.74) is 0. The lowest BCUT2D eigenvalue weighted by atomic mass is 9.95. The van der Waals surface area contributed by atoms with E-state index in [1.807, 2.05) is 22.6 Å². The van der Waals surface area contributed by atoms with Crippen molar-refractivity contribution in [3.05, 3.63) is 29.9 Å². The van der Waals surface area contributed by atoms with Crippen LogP contribution in [-0.4, -0.2) is 48.2 Å².